The Balaban J connectivity index is 1.66. The van der Waals surface area contributed by atoms with Gasteiger partial charge in [-0.3, -0.25) is 4.79 Å². The average molecular weight is 267 g/mol. The highest BCUT2D eigenvalue weighted by Gasteiger charge is 2.53. The quantitative estimate of drug-likeness (QED) is 0.807. The van der Waals surface area contributed by atoms with E-state index in [0.29, 0.717) is 24.0 Å². The number of hydrogen-bond donors (Lipinski definition) is 0. The number of fused-ring (bicyclic) bond motifs is 1. The van der Waals surface area contributed by atoms with Gasteiger partial charge in [0.05, 0.1) is 5.02 Å². The normalized spacial score (nSPS) is 29.8. The topological polar surface area (TPSA) is 17.1 Å². The van der Waals surface area contributed by atoms with Crippen molar-refractivity contribution < 1.29 is 9.18 Å². The third kappa shape index (κ3) is 2.18. The highest BCUT2D eigenvalue weighted by molar-refractivity contribution is 6.30. The molecule has 0 amide bonds. The van der Waals surface area contributed by atoms with E-state index in [4.69, 9.17) is 11.6 Å². The highest BCUT2D eigenvalue weighted by atomic mass is 35.5. The lowest BCUT2D eigenvalue weighted by Crippen LogP contribution is -2.07. The Bertz CT molecular complexity index is 473. The standard InChI is InChI=1S/C15H16ClFO/c16-12-7-9(5-6-13(12)17)8-14(18)15-10-3-1-2-4-11(10)15/h5-7,10-11,15H,1-4,8H2. The van der Waals surface area contributed by atoms with Crippen molar-refractivity contribution in [1.29, 1.82) is 0 Å². The first kappa shape index (κ1) is 12.2. The largest absolute Gasteiger partial charge is 0.299 e. The minimum Gasteiger partial charge on any atom is -0.299 e. The molecule has 0 radical (unpaired) electrons. The summed E-state index contributed by atoms with van der Waals surface area (Å²) < 4.78 is 13.0. The molecule has 0 bridgehead atoms. The Labute approximate surface area is 111 Å². The Hall–Kier alpha value is -0.890. The molecule has 1 nitrogen and oxygen atoms in total. The number of Topliss-reactive ketones (excluding diaryl/α,β-unsaturated/α-hetero) is 1. The fourth-order valence-corrected chi connectivity index (χ4v) is 3.64. The maximum absolute atomic E-state index is 13.0. The number of halogens is 2. The van der Waals surface area contributed by atoms with Gasteiger partial charge < -0.3 is 0 Å². The Morgan fingerprint density at radius 1 is 1.28 bits per heavy atom. The number of rotatable bonds is 3. The summed E-state index contributed by atoms with van der Waals surface area (Å²) in [5.74, 6) is 1.45. The van der Waals surface area contributed by atoms with Crippen LogP contribution in [0.1, 0.15) is 31.2 Å². The van der Waals surface area contributed by atoms with Gasteiger partial charge in [0.25, 0.3) is 0 Å². The van der Waals surface area contributed by atoms with Gasteiger partial charge in [0.1, 0.15) is 11.6 Å². The molecular weight excluding hydrogens is 251 g/mol. The summed E-state index contributed by atoms with van der Waals surface area (Å²) in [4.78, 5) is 12.2. The zero-order valence-electron chi connectivity index (χ0n) is 10.2. The Morgan fingerprint density at radius 3 is 2.56 bits per heavy atom. The first-order chi connectivity index (χ1) is 8.66. The minimum atomic E-state index is -0.423. The van der Waals surface area contributed by atoms with Crippen LogP contribution in [0, 0.1) is 23.6 Å². The molecular formula is C15H16ClFO. The molecule has 2 saturated carbocycles. The molecule has 0 spiro atoms. The summed E-state index contributed by atoms with van der Waals surface area (Å²) in [6.45, 7) is 0. The van der Waals surface area contributed by atoms with Crippen LogP contribution >= 0.6 is 11.6 Å². The fraction of sp³-hybridized carbons (Fsp3) is 0.533. The van der Waals surface area contributed by atoms with Crippen molar-refractivity contribution in [3.8, 4) is 0 Å². The summed E-state index contributed by atoms with van der Waals surface area (Å²) in [6.07, 6.45) is 5.37. The average Bonchev–Trinajstić information content (AvgIpc) is 3.08. The van der Waals surface area contributed by atoms with Crippen molar-refractivity contribution in [3.63, 3.8) is 0 Å². The van der Waals surface area contributed by atoms with Crippen molar-refractivity contribution in [2.45, 2.75) is 32.1 Å². The van der Waals surface area contributed by atoms with E-state index in [-0.39, 0.29) is 10.9 Å². The highest BCUT2D eigenvalue weighted by Crippen LogP contribution is 2.56. The van der Waals surface area contributed by atoms with Gasteiger partial charge in [0.15, 0.2) is 0 Å². The van der Waals surface area contributed by atoms with E-state index in [0.717, 1.165) is 5.56 Å². The molecule has 0 aromatic heterocycles. The molecule has 3 heteroatoms. The predicted molar refractivity (Wildman–Crippen MR) is 69.1 cm³/mol. The SMILES string of the molecule is O=C(Cc1ccc(F)c(Cl)c1)C1C2CCCCC21. The number of benzene rings is 1. The number of ketones is 1. The van der Waals surface area contributed by atoms with Crippen LogP contribution in [0.4, 0.5) is 4.39 Å². The lowest BCUT2D eigenvalue weighted by atomic mass is 10.0. The second-order valence-electron chi connectivity index (χ2n) is 5.53. The number of carbonyl (C=O) groups excluding carboxylic acids is 1. The van der Waals surface area contributed by atoms with Gasteiger partial charge in [0, 0.05) is 12.3 Å². The molecule has 1 aromatic rings. The molecule has 3 rings (SSSR count). The van der Waals surface area contributed by atoms with Crippen molar-refractivity contribution >= 4 is 17.4 Å². The lowest BCUT2D eigenvalue weighted by molar-refractivity contribution is -0.120. The molecule has 0 N–H and O–H groups in total. The molecule has 0 saturated heterocycles. The van der Waals surface area contributed by atoms with Gasteiger partial charge in [-0.15, -0.1) is 0 Å². The molecule has 2 unspecified atom stereocenters. The van der Waals surface area contributed by atoms with Crippen molar-refractivity contribution in [1.82, 2.24) is 0 Å². The molecule has 2 atom stereocenters. The van der Waals surface area contributed by atoms with E-state index in [1.54, 1.807) is 12.1 Å². The second-order valence-corrected chi connectivity index (χ2v) is 5.94. The molecule has 2 aliphatic rings. The van der Waals surface area contributed by atoms with Crippen molar-refractivity contribution in [2.75, 3.05) is 0 Å². The number of hydrogen-bond acceptors (Lipinski definition) is 1. The maximum atomic E-state index is 13.0. The van der Waals surface area contributed by atoms with Gasteiger partial charge in [-0.1, -0.05) is 30.5 Å². The molecule has 2 aliphatic carbocycles. The molecule has 18 heavy (non-hydrogen) atoms. The van der Waals surface area contributed by atoms with Crippen LogP contribution in [-0.4, -0.2) is 5.78 Å². The van der Waals surface area contributed by atoms with Crippen LogP contribution in [0.3, 0.4) is 0 Å². The predicted octanol–water partition coefficient (Wildman–Crippen LogP) is 4.03. The first-order valence-corrected chi connectivity index (χ1v) is 7.01. The van der Waals surface area contributed by atoms with Crippen LogP contribution in [0.25, 0.3) is 0 Å². The van der Waals surface area contributed by atoms with Crippen LogP contribution in [0.5, 0.6) is 0 Å². The molecule has 96 valence electrons. The van der Waals surface area contributed by atoms with Crippen LogP contribution in [0.2, 0.25) is 5.02 Å². The van der Waals surface area contributed by atoms with E-state index >= 15 is 0 Å². The third-order valence-electron chi connectivity index (χ3n) is 4.39. The molecule has 0 heterocycles. The molecule has 1 aromatic carbocycles. The van der Waals surface area contributed by atoms with Crippen molar-refractivity contribution in [2.24, 2.45) is 17.8 Å². The summed E-state index contributed by atoms with van der Waals surface area (Å²) in [5.41, 5.74) is 0.829. The zero-order chi connectivity index (χ0) is 12.7. The van der Waals surface area contributed by atoms with E-state index < -0.39 is 5.82 Å². The van der Waals surface area contributed by atoms with Gasteiger partial charge in [-0.05, 0) is 42.4 Å². The van der Waals surface area contributed by atoms with Gasteiger partial charge >= 0.3 is 0 Å². The van der Waals surface area contributed by atoms with Crippen LogP contribution < -0.4 is 0 Å². The van der Waals surface area contributed by atoms with E-state index in [2.05, 4.69) is 0 Å². The smallest absolute Gasteiger partial charge is 0.141 e. The van der Waals surface area contributed by atoms with E-state index in [9.17, 15) is 9.18 Å². The zero-order valence-corrected chi connectivity index (χ0v) is 10.9. The van der Waals surface area contributed by atoms with Gasteiger partial charge in [-0.2, -0.15) is 0 Å². The van der Waals surface area contributed by atoms with E-state index in [1.807, 2.05) is 0 Å². The first-order valence-electron chi connectivity index (χ1n) is 6.63. The van der Waals surface area contributed by atoms with Gasteiger partial charge in [-0.25, -0.2) is 4.39 Å². The van der Waals surface area contributed by atoms with Crippen molar-refractivity contribution in [3.05, 3.63) is 34.6 Å². The third-order valence-corrected chi connectivity index (χ3v) is 4.68. The summed E-state index contributed by atoms with van der Waals surface area (Å²) >= 11 is 5.73. The Morgan fingerprint density at radius 2 is 1.94 bits per heavy atom. The molecule has 0 aliphatic heterocycles. The van der Waals surface area contributed by atoms with Crippen LogP contribution in [-0.2, 0) is 11.2 Å². The minimum absolute atomic E-state index is 0.105. The lowest BCUT2D eigenvalue weighted by Gasteiger charge is -2.04. The Kier molecular flexibility index (Phi) is 3.14. The van der Waals surface area contributed by atoms with Gasteiger partial charge in [0.2, 0.25) is 0 Å². The summed E-state index contributed by atoms with van der Waals surface area (Å²) in [5, 5.41) is 0.105. The monoisotopic (exact) mass is 266 g/mol. The summed E-state index contributed by atoms with van der Waals surface area (Å²) in [7, 11) is 0. The van der Waals surface area contributed by atoms with Crippen LogP contribution in [0.15, 0.2) is 18.2 Å². The van der Waals surface area contributed by atoms with E-state index in [1.165, 1.54) is 31.7 Å². The maximum Gasteiger partial charge on any atom is 0.141 e. The number of carbonyl (C=O) groups is 1. The second kappa shape index (κ2) is 4.65. The summed E-state index contributed by atoms with van der Waals surface area (Å²) in [6, 6.07) is 4.57. The molecule has 2 fully saturated rings. The fourth-order valence-electron chi connectivity index (χ4n) is 3.44.